The number of aromatic nitrogens is 1. The molecule has 0 saturated carbocycles. The quantitative estimate of drug-likeness (QED) is 0.792. The van der Waals surface area contributed by atoms with Crippen molar-refractivity contribution in [2.75, 3.05) is 38.1 Å². The van der Waals surface area contributed by atoms with E-state index in [9.17, 15) is 0 Å². The first-order chi connectivity index (χ1) is 10.3. The number of hydrogen-bond donors (Lipinski definition) is 0. The van der Waals surface area contributed by atoms with Crippen molar-refractivity contribution in [3.63, 3.8) is 0 Å². The Morgan fingerprint density at radius 2 is 1.76 bits per heavy atom. The average Bonchev–Trinajstić information content (AvgIpc) is 2.73. The van der Waals surface area contributed by atoms with E-state index in [1.165, 1.54) is 37.1 Å². The molecule has 3 nitrogen and oxygen atoms in total. The van der Waals surface area contributed by atoms with Gasteiger partial charge in [-0.25, -0.2) is 0 Å². The molecule has 4 heteroatoms. The number of hydrogen-bond acceptors (Lipinski definition) is 3. The van der Waals surface area contributed by atoms with Crippen LogP contribution in [0.25, 0.3) is 10.9 Å². The third-order valence-corrected chi connectivity index (χ3v) is 4.48. The Balaban J connectivity index is 1.64. The number of halogens is 1. The maximum Gasteiger partial charge on any atom is 0.0705 e. The van der Waals surface area contributed by atoms with Crippen LogP contribution in [-0.4, -0.2) is 52.8 Å². The smallest absolute Gasteiger partial charge is 0.0705 e. The van der Waals surface area contributed by atoms with Gasteiger partial charge >= 0.3 is 0 Å². The van der Waals surface area contributed by atoms with Gasteiger partial charge in [0.1, 0.15) is 0 Å². The lowest BCUT2D eigenvalue weighted by atomic mass is 10.2. The number of alkyl halides is 1. The highest BCUT2D eigenvalue weighted by Gasteiger charge is 2.14. The minimum Gasteiger partial charge on any atom is -0.301 e. The zero-order valence-electron chi connectivity index (χ0n) is 12.3. The normalized spacial score (nSPS) is 18.0. The third-order valence-electron chi connectivity index (χ3n) is 4.12. The summed E-state index contributed by atoms with van der Waals surface area (Å²) >= 11 is 3.54. The van der Waals surface area contributed by atoms with Gasteiger partial charge in [-0.1, -0.05) is 40.2 Å². The fourth-order valence-corrected chi connectivity index (χ4v) is 3.45. The SMILES string of the molecule is BrCCN1CCCN(Cc2ccc3ccccc3n2)CC1. The highest BCUT2D eigenvalue weighted by Crippen LogP contribution is 2.14. The summed E-state index contributed by atoms with van der Waals surface area (Å²) in [6.07, 6.45) is 1.25. The van der Waals surface area contributed by atoms with Gasteiger partial charge < -0.3 is 4.90 Å². The van der Waals surface area contributed by atoms with E-state index in [0.717, 1.165) is 30.5 Å². The zero-order valence-corrected chi connectivity index (χ0v) is 13.9. The molecule has 21 heavy (non-hydrogen) atoms. The molecule has 1 aliphatic rings. The molecule has 1 saturated heterocycles. The van der Waals surface area contributed by atoms with Crippen molar-refractivity contribution in [3.8, 4) is 0 Å². The molecule has 1 aliphatic heterocycles. The molecular formula is C17H22BrN3. The summed E-state index contributed by atoms with van der Waals surface area (Å²) in [5, 5.41) is 2.29. The van der Waals surface area contributed by atoms with Crippen LogP contribution in [0.1, 0.15) is 12.1 Å². The van der Waals surface area contributed by atoms with Gasteiger partial charge in [-0.2, -0.15) is 0 Å². The Morgan fingerprint density at radius 3 is 2.67 bits per heavy atom. The van der Waals surface area contributed by atoms with E-state index in [0.29, 0.717) is 0 Å². The van der Waals surface area contributed by atoms with Crippen molar-refractivity contribution in [1.82, 2.24) is 14.8 Å². The fraction of sp³-hybridized carbons (Fsp3) is 0.471. The van der Waals surface area contributed by atoms with E-state index in [4.69, 9.17) is 4.98 Å². The van der Waals surface area contributed by atoms with Crippen LogP contribution in [0.5, 0.6) is 0 Å². The van der Waals surface area contributed by atoms with Gasteiger partial charge in [-0.3, -0.25) is 9.88 Å². The van der Waals surface area contributed by atoms with Gasteiger partial charge in [0.2, 0.25) is 0 Å². The van der Waals surface area contributed by atoms with Crippen LogP contribution < -0.4 is 0 Å². The second-order valence-electron chi connectivity index (χ2n) is 5.66. The molecule has 0 unspecified atom stereocenters. The van der Waals surface area contributed by atoms with Gasteiger partial charge in [0.15, 0.2) is 0 Å². The molecule has 0 radical (unpaired) electrons. The predicted octanol–water partition coefficient (Wildman–Crippen LogP) is 3.14. The van der Waals surface area contributed by atoms with Crippen LogP contribution >= 0.6 is 15.9 Å². The Morgan fingerprint density at radius 1 is 0.952 bits per heavy atom. The zero-order chi connectivity index (χ0) is 14.5. The maximum atomic E-state index is 4.79. The van der Waals surface area contributed by atoms with Crippen LogP contribution in [0, 0.1) is 0 Å². The van der Waals surface area contributed by atoms with Crippen molar-refractivity contribution in [3.05, 3.63) is 42.1 Å². The van der Waals surface area contributed by atoms with E-state index in [1.807, 2.05) is 0 Å². The Labute approximate surface area is 135 Å². The van der Waals surface area contributed by atoms with Crippen molar-refractivity contribution in [1.29, 1.82) is 0 Å². The first-order valence-electron chi connectivity index (χ1n) is 7.70. The molecule has 1 fully saturated rings. The van der Waals surface area contributed by atoms with E-state index in [-0.39, 0.29) is 0 Å². The Bertz CT molecular complexity index is 587. The molecule has 0 aliphatic carbocycles. The highest BCUT2D eigenvalue weighted by molar-refractivity contribution is 9.09. The topological polar surface area (TPSA) is 19.4 Å². The lowest BCUT2D eigenvalue weighted by Gasteiger charge is -2.21. The molecule has 2 aromatic rings. The fourth-order valence-electron chi connectivity index (χ4n) is 2.95. The summed E-state index contributed by atoms with van der Waals surface area (Å²) in [5.41, 5.74) is 2.29. The lowest BCUT2D eigenvalue weighted by Crippen LogP contribution is -2.31. The molecule has 0 N–H and O–H groups in total. The summed E-state index contributed by atoms with van der Waals surface area (Å²) in [6.45, 7) is 6.82. The van der Waals surface area contributed by atoms with Gasteiger partial charge in [-0.15, -0.1) is 0 Å². The molecule has 0 bridgehead atoms. The number of fused-ring (bicyclic) bond motifs is 1. The van der Waals surface area contributed by atoms with Crippen molar-refractivity contribution >= 4 is 26.8 Å². The summed E-state index contributed by atoms with van der Waals surface area (Å²) in [7, 11) is 0. The van der Waals surface area contributed by atoms with Gasteiger partial charge in [0.05, 0.1) is 11.2 Å². The molecule has 1 aromatic heterocycles. The monoisotopic (exact) mass is 347 g/mol. The Hall–Kier alpha value is -0.970. The molecular weight excluding hydrogens is 326 g/mol. The number of pyridine rings is 1. The van der Waals surface area contributed by atoms with E-state index < -0.39 is 0 Å². The number of rotatable bonds is 4. The van der Waals surface area contributed by atoms with Gasteiger partial charge in [0.25, 0.3) is 0 Å². The molecule has 2 heterocycles. The average molecular weight is 348 g/mol. The van der Waals surface area contributed by atoms with E-state index in [1.54, 1.807) is 0 Å². The minimum atomic E-state index is 0.965. The first-order valence-corrected chi connectivity index (χ1v) is 8.82. The molecule has 0 amide bonds. The third kappa shape index (κ3) is 4.02. The minimum absolute atomic E-state index is 0.965. The van der Waals surface area contributed by atoms with Crippen molar-refractivity contribution < 1.29 is 0 Å². The molecule has 0 atom stereocenters. The molecule has 3 rings (SSSR count). The summed E-state index contributed by atoms with van der Waals surface area (Å²) in [5.74, 6) is 0. The molecule has 1 aromatic carbocycles. The number of benzene rings is 1. The second-order valence-corrected chi connectivity index (χ2v) is 6.45. The van der Waals surface area contributed by atoms with E-state index in [2.05, 4.69) is 62.1 Å². The van der Waals surface area contributed by atoms with Gasteiger partial charge in [0, 0.05) is 36.9 Å². The highest BCUT2D eigenvalue weighted by atomic mass is 79.9. The van der Waals surface area contributed by atoms with Crippen molar-refractivity contribution in [2.24, 2.45) is 0 Å². The standard InChI is InChI=1S/C17H22BrN3/c18-8-11-20-9-3-10-21(13-12-20)14-16-7-6-15-4-1-2-5-17(15)19-16/h1-2,4-7H,3,8-14H2. The lowest BCUT2D eigenvalue weighted by molar-refractivity contribution is 0.256. The van der Waals surface area contributed by atoms with Crippen LogP contribution in [0.4, 0.5) is 0 Å². The molecule has 112 valence electrons. The largest absolute Gasteiger partial charge is 0.301 e. The Kier molecular flexibility index (Phi) is 5.22. The molecule has 0 spiro atoms. The summed E-state index contributed by atoms with van der Waals surface area (Å²) in [4.78, 5) is 9.87. The van der Waals surface area contributed by atoms with Crippen LogP contribution in [0.3, 0.4) is 0 Å². The van der Waals surface area contributed by atoms with Crippen LogP contribution in [-0.2, 0) is 6.54 Å². The maximum absolute atomic E-state index is 4.79. The van der Waals surface area contributed by atoms with Gasteiger partial charge in [-0.05, 0) is 31.6 Å². The van der Waals surface area contributed by atoms with E-state index >= 15 is 0 Å². The summed E-state index contributed by atoms with van der Waals surface area (Å²) < 4.78 is 0. The van der Waals surface area contributed by atoms with Crippen LogP contribution in [0.2, 0.25) is 0 Å². The first kappa shape index (κ1) is 14.9. The second kappa shape index (κ2) is 7.34. The predicted molar refractivity (Wildman–Crippen MR) is 91.9 cm³/mol. The summed E-state index contributed by atoms with van der Waals surface area (Å²) in [6, 6.07) is 12.7. The number of nitrogens with zero attached hydrogens (tertiary/aromatic N) is 3. The van der Waals surface area contributed by atoms with Crippen molar-refractivity contribution in [2.45, 2.75) is 13.0 Å². The van der Waals surface area contributed by atoms with Crippen LogP contribution in [0.15, 0.2) is 36.4 Å². The number of para-hydroxylation sites is 1.